The maximum atomic E-state index is 13.4. The first-order chi connectivity index (χ1) is 14.5. The van der Waals surface area contributed by atoms with Crippen LogP contribution in [0.2, 0.25) is 5.02 Å². The predicted molar refractivity (Wildman–Crippen MR) is 119 cm³/mol. The Hall–Kier alpha value is -3.00. The van der Waals surface area contributed by atoms with Gasteiger partial charge in [-0.25, -0.2) is 17.9 Å². The van der Waals surface area contributed by atoms with Crippen molar-refractivity contribution in [1.82, 2.24) is 14.6 Å². The molecule has 0 saturated heterocycles. The van der Waals surface area contributed by atoms with Gasteiger partial charge in [0.15, 0.2) is 5.65 Å². The number of rotatable bonds is 4. The van der Waals surface area contributed by atoms with Crippen molar-refractivity contribution in [2.45, 2.75) is 9.79 Å². The van der Waals surface area contributed by atoms with E-state index in [1.165, 1.54) is 17.5 Å². The highest BCUT2D eigenvalue weighted by Crippen LogP contribution is 2.35. The summed E-state index contributed by atoms with van der Waals surface area (Å²) in [5, 5.41) is 7.23. The summed E-state index contributed by atoms with van der Waals surface area (Å²) in [4.78, 5) is 5.54. The molecular formula is C22H14ClN3O2S2. The lowest BCUT2D eigenvalue weighted by Crippen LogP contribution is -2.08. The van der Waals surface area contributed by atoms with Crippen LogP contribution in [0, 0.1) is 0 Å². The van der Waals surface area contributed by atoms with Crippen molar-refractivity contribution in [1.29, 1.82) is 0 Å². The Morgan fingerprint density at radius 3 is 2.40 bits per heavy atom. The molecule has 2 aromatic carbocycles. The highest BCUT2D eigenvalue weighted by atomic mass is 35.5. The van der Waals surface area contributed by atoms with E-state index in [4.69, 9.17) is 11.6 Å². The molecule has 0 amide bonds. The molecule has 0 spiro atoms. The number of fused-ring (bicyclic) bond motifs is 1. The van der Waals surface area contributed by atoms with Gasteiger partial charge in [0.2, 0.25) is 9.84 Å². The van der Waals surface area contributed by atoms with E-state index in [0.717, 1.165) is 10.4 Å². The Balaban J connectivity index is 1.78. The van der Waals surface area contributed by atoms with Crippen LogP contribution in [0.1, 0.15) is 0 Å². The number of benzene rings is 2. The fourth-order valence-electron chi connectivity index (χ4n) is 3.24. The molecule has 5 rings (SSSR count). The first kappa shape index (κ1) is 19.0. The fraction of sp³-hybridized carbons (Fsp3) is 0. The van der Waals surface area contributed by atoms with Crippen molar-refractivity contribution in [2.75, 3.05) is 0 Å². The summed E-state index contributed by atoms with van der Waals surface area (Å²) >= 11 is 7.45. The van der Waals surface area contributed by atoms with Crippen LogP contribution in [0.5, 0.6) is 0 Å². The number of halogens is 1. The lowest BCUT2D eigenvalue weighted by molar-refractivity contribution is 0.595. The van der Waals surface area contributed by atoms with Gasteiger partial charge >= 0.3 is 0 Å². The highest BCUT2D eigenvalue weighted by molar-refractivity contribution is 7.91. The molecule has 0 radical (unpaired) electrons. The van der Waals surface area contributed by atoms with E-state index in [-0.39, 0.29) is 9.79 Å². The lowest BCUT2D eigenvalue weighted by Gasteiger charge is -2.11. The molecule has 5 nitrogen and oxygen atoms in total. The minimum Gasteiger partial charge on any atom is -0.236 e. The second-order valence-electron chi connectivity index (χ2n) is 6.57. The minimum atomic E-state index is -3.78. The summed E-state index contributed by atoms with van der Waals surface area (Å²) in [5.74, 6) is 0. The Kier molecular flexibility index (Phi) is 4.66. The first-order valence-corrected chi connectivity index (χ1v) is 11.8. The average molecular weight is 452 g/mol. The van der Waals surface area contributed by atoms with Crippen molar-refractivity contribution in [3.63, 3.8) is 0 Å². The molecule has 0 aliphatic carbocycles. The van der Waals surface area contributed by atoms with Crippen LogP contribution in [0.3, 0.4) is 0 Å². The van der Waals surface area contributed by atoms with Gasteiger partial charge in [-0.1, -0.05) is 48.0 Å². The van der Waals surface area contributed by atoms with Gasteiger partial charge in [0.25, 0.3) is 0 Å². The number of aromatic nitrogens is 3. The molecule has 0 aliphatic rings. The topological polar surface area (TPSA) is 64.3 Å². The third kappa shape index (κ3) is 3.21. The van der Waals surface area contributed by atoms with Crippen LogP contribution in [-0.4, -0.2) is 23.0 Å². The number of sulfone groups is 1. The molecule has 30 heavy (non-hydrogen) atoms. The zero-order valence-electron chi connectivity index (χ0n) is 15.4. The molecule has 0 unspecified atom stereocenters. The van der Waals surface area contributed by atoms with Crippen molar-refractivity contribution in [3.8, 4) is 21.8 Å². The second-order valence-corrected chi connectivity index (χ2v) is 9.87. The highest BCUT2D eigenvalue weighted by Gasteiger charge is 2.26. The average Bonchev–Trinajstić information content (AvgIpc) is 3.44. The summed E-state index contributed by atoms with van der Waals surface area (Å²) in [5.41, 5.74) is 2.62. The van der Waals surface area contributed by atoms with Gasteiger partial charge in [0.1, 0.15) is 10.6 Å². The van der Waals surface area contributed by atoms with E-state index in [1.54, 1.807) is 47.0 Å². The molecule has 0 atom stereocenters. The number of hydrogen-bond acceptors (Lipinski definition) is 5. The molecular weight excluding hydrogens is 438 g/mol. The maximum absolute atomic E-state index is 13.4. The summed E-state index contributed by atoms with van der Waals surface area (Å²) in [6.07, 6.45) is 1.42. The SMILES string of the molecule is O=S(=O)(c1ccccc1)c1cnc2cc(-c3ccc(Cl)cc3)nn2c1-c1cccs1. The van der Waals surface area contributed by atoms with Gasteiger partial charge in [0, 0.05) is 16.7 Å². The van der Waals surface area contributed by atoms with E-state index >= 15 is 0 Å². The van der Waals surface area contributed by atoms with Crippen molar-refractivity contribution in [3.05, 3.63) is 89.4 Å². The monoisotopic (exact) mass is 451 g/mol. The molecule has 148 valence electrons. The third-order valence-corrected chi connectivity index (χ3v) is 7.59. The lowest BCUT2D eigenvalue weighted by atomic mass is 10.2. The summed E-state index contributed by atoms with van der Waals surface area (Å²) < 4.78 is 28.4. The van der Waals surface area contributed by atoms with Crippen LogP contribution in [0.15, 0.2) is 94.2 Å². The van der Waals surface area contributed by atoms with Gasteiger partial charge in [-0.2, -0.15) is 5.10 Å². The summed E-state index contributed by atoms with van der Waals surface area (Å²) in [6, 6.07) is 21.3. The Labute approximate surface area is 182 Å². The van der Waals surface area contributed by atoms with Crippen LogP contribution in [0.4, 0.5) is 0 Å². The molecule has 3 aromatic heterocycles. The quantitative estimate of drug-likeness (QED) is 0.356. The normalized spacial score (nSPS) is 11.8. The largest absolute Gasteiger partial charge is 0.236 e. The maximum Gasteiger partial charge on any atom is 0.210 e. The third-order valence-electron chi connectivity index (χ3n) is 4.69. The van der Waals surface area contributed by atoms with Gasteiger partial charge in [-0.15, -0.1) is 11.3 Å². The van der Waals surface area contributed by atoms with E-state index in [1.807, 2.05) is 35.7 Å². The van der Waals surface area contributed by atoms with Gasteiger partial charge in [-0.3, -0.25) is 0 Å². The number of thiophene rings is 1. The fourth-order valence-corrected chi connectivity index (χ4v) is 5.61. The summed E-state index contributed by atoms with van der Waals surface area (Å²) in [6.45, 7) is 0. The second kappa shape index (κ2) is 7.36. The van der Waals surface area contributed by atoms with E-state index in [2.05, 4.69) is 10.1 Å². The molecule has 8 heteroatoms. The molecule has 0 N–H and O–H groups in total. The smallest absolute Gasteiger partial charge is 0.210 e. The van der Waals surface area contributed by atoms with E-state index in [9.17, 15) is 8.42 Å². The van der Waals surface area contributed by atoms with Crippen LogP contribution < -0.4 is 0 Å². The Morgan fingerprint density at radius 2 is 1.70 bits per heavy atom. The van der Waals surface area contributed by atoms with Crippen molar-refractivity contribution < 1.29 is 8.42 Å². The molecule has 0 aliphatic heterocycles. The number of nitrogens with zero attached hydrogens (tertiary/aromatic N) is 3. The molecule has 0 saturated carbocycles. The van der Waals surface area contributed by atoms with Crippen LogP contribution in [-0.2, 0) is 9.84 Å². The Morgan fingerprint density at radius 1 is 0.933 bits per heavy atom. The van der Waals surface area contributed by atoms with Crippen LogP contribution in [0.25, 0.3) is 27.5 Å². The zero-order valence-corrected chi connectivity index (χ0v) is 17.8. The molecule has 5 aromatic rings. The van der Waals surface area contributed by atoms with Crippen LogP contribution >= 0.6 is 22.9 Å². The van der Waals surface area contributed by atoms with E-state index in [0.29, 0.717) is 22.1 Å². The molecule has 0 fully saturated rings. The molecule has 3 heterocycles. The van der Waals surface area contributed by atoms with Gasteiger partial charge in [0.05, 0.1) is 21.7 Å². The summed E-state index contributed by atoms with van der Waals surface area (Å²) in [7, 11) is -3.78. The zero-order chi connectivity index (χ0) is 20.7. The van der Waals surface area contributed by atoms with Crippen molar-refractivity contribution in [2.24, 2.45) is 0 Å². The van der Waals surface area contributed by atoms with Crippen molar-refractivity contribution >= 4 is 38.4 Å². The minimum absolute atomic E-state index is 0.120. The Bertz CT molecular complexity index is 1440. The standard InChI is InChI=1S/C22H14ClN3O2S2/c23-16-10-8-15(9-11-16)18-13-21-24-14-20(30(27,28)17-5-2-1-3-6-17)22(26(21)25-18)19-7-4-12-29-19/h1-14H. The first-order valence-electron chi connectivity index (χ1n) is 9.03. The van der Waals surface area contributed by atoms with Gasteiger partial charge in [-0.05, 0) is 35.7 Å². The predicted octanol–water partition coefficient (Wildman–Crippen LogP) is 5.61. The number of hydrogen-bond donors (Lipinski definition) is 0. The van der Waals surface area contributed by atoms with Gasteiger partial charge < -0.3 is 0 Å². The molecule has 0 bridgehead atoms. The van der Waals surface area contributed by atoms with E-state index < -0.39 is 9.84 Å².